The van der Waals surface area contributed by atoms with Crippen molar-refractivity contribution >= 4 is 52.9 Å². The number of guanidine groups is 1. The van der Waals surface area contributed by atoms with Crippen LogP contribution in [-0.4, -0.2) is 42.4 Å². The van der Waals surface area contributed by atoms with E-state index in [1.165, 1.54) is 5.56 Å². The molecule has 0 aliphatic carbocycles. The van der Waals surface area contributed by atoms with Crippen LogP contribution in [0.5, 0.6) is 0 Å². The van der Waals surface area contributed by atoms with Gasteiger partial charge in [-0.05, 0) is 31.0 Å². The van der Waals surface area contributed by atoms with Crippen molar-refractivity contribution < 1.29 is 4.79 Å². The predicted molar refractivity (Wildman–Crippen MR) is 120 cm³/mol. The van der Waals surface area contributed by atoms with Crippen molar-refractivity contribution in [3.63, 3.8) is 0 Å². The SMILES string of the molecule is CCc1cccc(NC(=O)CNC(=NC)N(C)Cc2csc(C)n2)c1.I. The fourth-order valence-corrected chi connectivity index (χ4v) is 3.02. The average molecular weight is 487 g/mol. The van der Waals surface area contributed by atoms with Crippen LogP contribution in [-0.2, 0) is 17.8 Å². The Bertz CT molecular complexity index is 747. The molecular formula is C18H26IN5OS. The number of rotatable bonds is 6. The normalized spacial score (nSPS) is 10.8. The van der Waals surface area contributed by atoms with E-state index in [-0.39, 0.29) is 36.4 Å². The molecule has 0 atom stereocenters. The highest BCUT2D eigenvalue weighted by Crippen LogP contribution is 2.11. The monoisotopic (exact) mass is 487 g/mol. The van der Waals surface area contributed by atoms with Crippen LogP contribution >= 0.6 is 35.3 Å². The first-order chi connectivity index (χ1) is 12.0. The number of nitrogens with one attached hydrogen (secondary N) is 2. The summed E-state index contributed by atoms with van der Waals surface area (Å²) in [6.07, 6.45) is 0.940. The quantitative estimate of drug-likeness (QED) is 0.373. The average Bonchev–Trinajstić information content (AvgIpc) is 3.00. The summed E-state index contributed by atoms with van der Waals surface area (Å²) in [7, 11) is 3.63. The summed E-state index contributed by atoms with van der Waals surface area (Å²) in [5, 5.41) is 9.06. The summed E-state index contributed by atoms with van der Waals surface area (Å²) in [5.41, 5.74) is 3.00. The second-order valence-electron chi connectivity index (χ2n) is 5.72. The van der Waals surface area contributed by atoms with Gasteiger partial charge in [-0.2, -0.15) is 0 Å². The number of nitrogens with zero attached hydrogens (tertiary/aromatic N) is 3. The van der Waals surface area contributed by atoms with Crippen LogP contribution < -0.4 is 10.6 Å². The second-order valence-corrected chi connectivity index (χ2v) is 6.78. The highest BCUT2D eigenvalue weighted by molar-refractivity contribution is 14.0. The molecule has 0 unspecified atom stereocenters. The number of thiazole rings is 1. The van der Waals surface area contributed by atoms with Gasteiger partial charge in [0, 0.05) is 25.2 Å². The van der Waals surface area contributed by atoms with Crippen LogP contribution in [0.1, 0.15) is 23.2 Å². The third-order valence-corrected chi connectivity index (χ3v) is 4.49. The Labute approximate surface area is 176 Å². The third kappa shape index (κ3) is 6.91. The zero-order chi connectivity index (χ0) is 18.2. The molecule has 1 amide bonds. The van der Waals surface area contributed by atoms with E-state index in [0.717, 1.165) is 22.8 Å². The van der Waals surface area contributed by atoms with Gasteiger partial charge in [0.05, 0.1) is 23.8 Å². The lowest BCUT2D eigenvalue weighted by Crippen LogP contribution is -2.42. The van der Waals surface area contributed by atoms with E-state index in [0.29, 0.717) is 12.5 Å². The number of hydrogen-bond donors (Lipinski definition) is 2. The molecule has 142 valence electrons. The molecule has 0 saturated carbocycles. The molecule has 0 radical (unpaired) electrons. The number of carbonyl (C=O) groups is 1. The van der Waals surface area contributed by atoms with E-state index >= 15 is 0 Å². The Morgan fingerprint density at radius 2 is 2.15 bits per heavy atom. The smallest absolute Gasteiger partial charge is 0.243 e. The van der Waals surface area contributed by atoms with Crippen molar-refractivity contribution in [1.29, 1.82) is 0 Å². The number of aliphatic imine (C=N–C) groups is 1. The first-order valence-electron chi connectivity index (χ1n) is 8.23. The van der Waals surface area contributed by atoms with E-state index in [4.69, 9.17) is 0 Å². The fraction of sp³-hybridized carbons (Fsp3) is 0.389. The molecule has 2 N–H and O–H groups in total. The van der Waals surface area contributed by atoms with Crippen LogP contribution in [0.3, 0.4) is 0 Å². The van der Waals surface area contributed by atoms with Gasteiger partial charge in [-0.1, -0.05) is 19.1 Å². The molecule has 2 rings (SSSR count). The van der Waals surface area contributed by atoms with Crippen LogP contribution in [0.4, 0.5) is 5.69 Å². The number of halogens is 1. The highest BCUT2D eigenvalue weighted by atomic mass is 127. The van der Waals surface area contributed by atoms with Crippen molar-refractivity contribution in [1.82, 2.24) is 15.2 Å². The lowest BCUT2D eigenvalue weighted by Gasteiger charge is -2.21. The summed E-state index contributed by atoms with van der Waals surface area (Å²) in [5.74, 6) is 0.551. The summed E-state index contributed by atoms with van der Waals surface area (Å²) < 4.78 is 0. The Hall–Kier alpha value is -1.68. The van der Waals surface area contributed by atoms with Crippen molar-refractivity contribution in [2.75, 3.05) is 26.0 Å². The van der Waals surface area contributed by atoms with Gasteiger partial charge < -0.3 is 15.5 Å². The molecule has 8 heteroatoms. The van der Waals surface area contributed by atoms with Crippen LogP contribution in [0.25, 0.3) is 0 Å². The van der Waals surface area contributed by atoms with E-state index in [9.17, 15) is 4.79 Å². The number of aromatic nitrogens is 1. The number of hydrogen-bond acceptors (Lipinski definition) is 4. The predicted octanol–water partition coefficient (Wildman–Crippen LogP) is 3.28. The van der Waals surface area contributed by atoms with Crippen molar-refractivity contribution in [3.05, 3.63) is 45.9 Å². The van der Waals surface area contributed by atoms with Gasteiger partial charge in [0.25, 0.3) is 0 Å². The third-order valence-electron chi connectivity index (χ3n) is 3.67. The summed E-state index contributed by atoms with van der Waals surface area (Å²) in [6.45, 7) is 4.87. The first-order valence-corrected chi connectivity index (χ1v) is 9.11. The second kappa shape index (κ2) is 11.1. The molecule has 0 spiro atoms. The maximum atomic E-state index is 12.2. The molecule has 0 saturated heterocycles. The highest BCUT2D eigenvalue weighted by Gasteiger charge is 2.10. The van der Waals surface area contributed by atoms with Gasteiger partial charge >= 0.3 is 0 Å². The lowest BCUT2D eigenvalue weighted by atomic mass is 10.1. The van der Waals surface area contributed by atoms with Crippen molar-refractivity contribution in [2.45, 2.75) is 26.8 Å². The molecule has 26 heavy (non-hydrogen) atoms. The molecule has 1 aromatic heterocycles. The molecule has 1 aromatic carbocycles. The minimum Gasteiger partial charge on any atom is -0.347 e. The summed E-state index contributed by atoms with van der Waals surface area (Å²) >= 11 is 1.63. The van der Waals surface area contributed by atoms with E-state index in [2.05, 4.69) is 27.5 Å². The van der Waals surface area contributed by atoms with Crippen LogP contribution in [0.2, 0.25) is 0 Å². The largest absolute Gasteiger partial charge is 0.347 e. The van der Waals surface area contributed by atoms with E-state index < -0.39 is 0 Å². The maximum Gasteiger partial charge on any atom is 0.243 e. The standard InChI is InChI=1S/C18H25N5OS.HI/c1-5-14-7-6-8-15(9-14)22-17(24)10-20-18(19-3)23(4)11-16-12-25-13(2)21-16;/h6-9,12H,5,10-11H2,1-4H3,(H,19,20)(H,22,24);1H. The number of amides is 1. The number of aryl methyl sites for hydroxylation is 2. The maximum absolute atomic E-state index is 12.2. The summed E-state index contributed by atoms with van der Waals surface area (Å²) in [4.78, 5) is 22.8. The topological polar surface area (TPSA) is 69.6 Å². The minimum absolute atomic E-state index is 0. The molecule has 2 aromatic rings. The van der Waals surface area contributed by atoms with Gasteiger partial charge in [-0.3, -0.25) is 9.79 Å². The Balaban J connectivity index is 0.00000338. The lowest BCUT2D eigenvalue weighted by molar-refractivity contribution is -0.115. The van der Waals surface area contributed by atoms with Gasteiger partial charge in [-0.25, -0.2) is 4.98 Å². The van der Waals surface area contributed by atoms with Gasteiger partial charge in [-0.15, -0.1) is 35.3 Å². The molecule has 6 nitrogen and oxygen atoms in total. The van der Waals surface area contributed by atoms with Gasteiger partial charge in [0.1, 0.15) is 0 Å². The Kier molecular flexibility index (Phi) is 9.57. The number of anilines is 1. The fourth-order valence-electron chi connectivity index (χ4n) is 2.42. The first kappa shape index (κ1) is 22.4. The van der Waals surface area contributed by atoms with Gasteiger partial charge in [0.15, 0.2) is 5.96 Å². The molecule has 0 bridgehead atoms. The zero-order valence-corrected chi connectivity index (χ0v) is 18.7. The molecular weight excluding hydrogens is 461 g/mol. The van der Waals surface area contributed by atoms with E-state index in [1.807, 2.05) is 48.5 Å². The zero-order valence-electron chi connectivity index (χ0n) is 15.6. The van der Waals surface area contributed by atoms with Crippen molar-refractivity contribution in [3.8, 4) is 0 Å². The molecule has 0 aliphatic rings. The number of benzene rings is 1. The Morgan fingerprint density at radius 3 is 2.77 bits per heavy atom. The van der Waals surface area contributed by atoms with E-state index in [1.54, 1.807) is 18.4 Å². The van der Waals surface area contributed by atoms with Crippen molar-refractivity contribution in [2.24, 2.45) is 4.99 Å². The number of carbonyl (C=O) groups excluding carboxylic acids is 1. The van der Waals surface area contributed by atoms with Gasteiger partial charge in [0.2, 0.25) is 5.91 Å². The molecule has 1 heterocycles. The van der Waals surface area contributed by atoms with Crippen LogP contribution in [0, 0.1) is 6.92 Å². The summed E-state index contributed by atoms with van der Waals surface area (Å²) in [6, 6.07) is 7.88. The Morgan fingerprint density at radius 1 is 1.38 bits per heavy atom. The molecule has 0 fully saturated rings. The minimum atomic E-state index is -0.104. The molecule has 0 aliphatic heterocycles. The van der Waals surface area contributed by atoms with Crippen LogP contribution in [0.15, 0.2) is 34.6 Å².